The minimum Gasteiger partial charge on any atom is -0.481 e. The van der Waals surface area contributed by atoms with Crippen molar-refractivity contribution in [3.8, 4) is 0 Å². The molecule has 0 aromatic heterocycles. The molecule has 0 saturated heterocycles. The molecule has 0 bridgehead atoms. The molecular formula is C15H18O5. The molecule has 2 N–H and O–H groups in total. The van der Waals surface area contributed by atoms with Gasteiger partial charge in [0.25, 0.3) is 0 Å². The van der Waals surface area contributed by atoms with Gasteiger partial charge < -0.3 is 14.9 Å². The van der Waals surface area contributed by atoms with Crippen LogP contribution in [0.25, 0.3) is 0 Å². The van der Waals surface area contributed by atoms with Gasteiger partial charge in [0.15, 0.2) is 6.10 Å². The molecule has 1 atom stereocenters. The molecule has 20 heavy (non-hydrogen) atoms. The molecule has 0 spiro atoms. The van der Waals surface area contributed by atoms with E-state index >= 15 is 0 Å². The van der Waals surface area contributed by atoms with Crippen molar-refractivity contribution in [1.82, 2.24) is 0 Å². The topological polar surface area (TPSA) is 83.8 Å². The summed E-state index contributed by atoms with van der Waals surface area (Å²) >= 11 is 0. The zero-order chi connectivity index (χ0) is 14.5. The molecule has 1 unspecified atom stereocenters. The summed E-state index contributed by atoms with van der Waals surface area (Å²) in [5.41, 5.74) is 0.611. The summed E-state index contributed by atoms with van der Waals surface area (Å²) < 4.78 is 5.67. The fourth-order valence-corrected chi connectivity index (χ4v) is 2.55. The van der Waals surface area contributed by atoms with Crippen LogP contribution in [0.15, 0.2) is 30.3 Å². The maximum Gasteiger partial charge on any atom is 0.337 e. The average Bonchev–Trinajstić information content (AvgIpc) is 2.46. The van der Waals surface area contributed by atoms with E-state index in [-0.39, 0.29) is 12.0 Å². The van der Waals surface area contributed by atoms with E-state index in [0.29, 0.717) is 31.2 Å². The average molecular weight is 278 g/mol. The number of hydrogen-bond donors (Lipinski definition) is 2. The second-order valence-electron chi connectivity index (χ2n) is 5.08. The fourth-order valence-electron chi connectivity index (χ4n) is 2.55. The van der Waals surface area contributed by atoms with Gasteiger partial charge in [-0.25, -0.2) is 4.79 Å². The largest absolute Gasteiger partial charge is 0.481 e. The van der Waals surface area contributed by atoms with Gasteiger partial charge >= 0.3 is 11.9 Å². The molecule has 0 heterocycles. The number of ether oxygens (including phenoxy) is 1. The van der Waals surface area contributed by atoms with Crippen LogP contribution in [0.2, 0.25) is 0 Å². The summed E-state index contributed by atoms with van der Waals surface area (Å²) in [7, 11) is 0. The molecule has 1 aliphatic rings. The van der Waals surface area contributed by atoms with Crippen LogP contribution in [-0.4, -0.2) is 28.3 Å². The lowest BCUT2D eigenvalue weighted by molar-refractivity contribution is -0.158. The fraction of sp³-hybridized carbons (Fsp3) is 0.467. The molecule has 1 aliphatic carbocycles. The Bertz CT molecular complexity index is 462. The van der Waals surface area contributed by atoms with Crippen molar-refractivity contribution in [2.45, 2.75) is 37.9 Å². The Hall–Kier alpha value is -1.88. The van der Waals surface area contributed by atoms with Crippen LogP contribution < -0.4 is 0 Å². The smallest absolute Gasteiger partial charge is 0.337 e. The molecule has 2 rings (SSSR count). The van der Waals surface area contributed by atoms with Crippen molar-refractivity contribution in [3.05, 3.63) is 35.9 Å². The van der Waals surface area contributed by atoms with Gasteiger partial charge in [0.1, 0.15) is 0 Å². The van der Waals surface area contributed by atoms with E-state index in [1.54, 1.807) is 24.3 Å². The van der Waals surface area contributed by atoms with E-state index in [0.717, 1.165) is 0 Å². The Labute approximate surface area is 117 Å². The lowest BCUT2D eigenvalue weighted by Crippen LogP contribution is -2.29. The van der Waals surface area contributed by atoms with E-state index in [9.17, 15) is 14.7 Å². The normalized spacial score (nSPS) is 24.0. The standard InChI is InChI=1S/C15H18O5/c16-14(17)11-6-8-12(9-7-11)20-13(15(18)19)10-4-2-1-3-5-10/h1-5,11-13H,6-9H2,(H,16,17)(H,18,19). The van der Waals surface area contributed by atoms with E-state index < -0.39 is 18.0 Å². The summed E-state index contributed by atoms with van der Waals surface area (Å²) in [5.74, 6) is -2.12. The van der Waals surface area contributed by atoms with Crippen molar-refractivity contribution >= 4 is 11.9 Å². The molecular weight excluding hydrogens is 260 g/mol. The number of hydrogen-bond acceptors (Lipinski definition) is 3. The molecule has 0 amide bonds. The number of aliphatic carboxylic acids is 2. The summed E-state index contributed by atoms with van der Waals surface area (Å²) in [4.78, 5) is 22.2. The number of carboxylic acids is 2. The summed E-state index contributed by atoms with van der Waals surface area (Å²) in [6, 6.07) is 8.82. The number of carbonyl (C=O) groups is 2. The zero-order valence-corrected chi connectivity index (χ0v) is 11.1. The van der Waals surface area contributed by atoms with Crippen LogP contribution in [0.4, 0.5) is 0 Å². The first-order valence-corrected chi connectivity index (χ1v) is 6.74. The quantitative estimate of drug-likeness (QED) is 0.864. The zero-order valence-electron chi connectivity index (χ0n) is 11.1. The Balaban J connectivity index is 1.97. The number of benzene rings is 1. The van der Waals surface area contributed by atoms with Crippen LogP contribution in [0.3, 0.4) is 0 Å². The summed E-state index contributed by atoms with van der Waals surface area (Å²) in [5, 5.41) is 18.2. The molecule has 0 radical (unpaired) electrons. The Kier molecular flexibility index (Phi) is 4.74. The Morgan fingerprint density at radius 3 is 2.15 bits per heavy atom. The van der Waals surface area contributed by atoms with Crippen LogP contribution in [-0.2, 0) is 14.3 Å². The predicted molar refractivity (Wildman–Crippen MR) is 71.3 cm³/mol. The van der Waals surface area contributed by atoms with Crippen molar-refractivity contribution < 1.29 is 24.5 Å². The highest BCUT2D eigenvalue weighted by Gasteiger charge is 2.30. The molecule has 1 aromatic carbocycles. The highest BCUT2D eigenvalue weighted by molar-refractivity contribution is 5.74. The first kappa shape index (κ1) is 14.5. The third-order valence-electron chi connectivity index (χ3n) is 3.68. The van der Waals surface area contributed by atoms with Crippen LogP contribution in [0.1, 0.15) is 37.4 Å². The van der Waals surface area contributed by atoms with Crippen LogP contribution >= 0.6 is 0 Å². The number of carboxylic acid groups (broad SMARTS) is 2. The lowest BCUT2D eigenvalue weighted by atomic mass is 9.87. The molecule has 1 fully saturated rings. The van der Waals surface area contributed by atoms with Gasteiger partial charge in [0.2, 0.25) is 0 Å². The van der Waals surface area contributed by atoms with Crippen molar-refractivity contribution in [1.29, 1.82) is 0 Å². The second-order valence-corrected chi connectivity index (χ2v) is 5.08. The second kappa shape index (κ2) is 6.52. The molecule has 5 nitrogen and oxygen atoms in total. The molecule has 0 aliphatic heterocycles. The summed E-state index contributed by atoms with van der Waals surface area (Å²) in [6.07, 6.45) is 1.10. The van der Waals surface area contributed by atoms with E-state index in [1.807, 2.05) is 6.07 Å². The van der Waals surface area contributed by atoms with E-state index in [4.69, 9.17) is 9.84 Å². The van der Waals surface area contributed by atoms with Crippen molar-refractivity contribution in [2.75, 3.05) is 0 Å². The SMILES string of the molecule is O=C(O)C1CCC(OC(C(=O)O)c2ccccc2)CC1. The minimum absolute atomic E-state index is 0.188. The summed E-state index contributed by atoms with van der Waals surface area (Å²) in [6.45, 7) is 0. The van der Waals surface area contributed by atoms with Gasteiger partial charge in [-0.15, -0.1) is 0 Å². The van der Waals surface area contributed by atoms with Gasteiger partial charge in [-0.2, -0.15) is 0 Å². The number of rotatable bonds is 5. The highest BCUT2D eigenvalue weighted by Crippen LogP contribution is 2.30. The molecule has 1 saturated carbocycles. The third-order valence-corrected chi connectivity index (χ3v) is 3.68. The third kappa shape index (κ3) is 3.57. The first-order valence-electron chi connectivity index (χ1n) is 6.74. The first-order chi connectivity index (χ1) is 9.58. The predicted octanol–water partition coefficient (Wildman–Crippen LogP) is 2.47. The van der Waals surface area contributed by atoms with Gasteiger partial charge in [-0.05, 0) is 31.2 Å². The minimum atomic E-state index is -1.02. The molecule has 108 valence electrons. The van der Waals surface area contributed by atoms with Crippen LogP contribution in [0.5, 0.6) is 0 Å². The van der Waals surface area contributed by atoms with Gasteiger partial charge in [-0.1, -0.05) is 30.3 Å². The van der Waals surface area contributed by atoms with Crippen LogP contribution in [0, 0.1) is 5.92 Å². The van der Waals surface area contributed by atoms with Gasteiger partial charge in [-0.3, -0.25) is 4.79 Å². The Morgan fingerprint density at radius 2 is 1.65 bits per heavy atom. The maximum absolute atomic E-state index is 11.3. The van der Waals surface area contributed by atoms with E-state index in [1.165, 1.54) is 0 Å². The Morgan fingerprint density at radius 1 is 1.05 bits per heavy atom. The highest BCUT2D eigenvalue weighted by atomic mass is 16.5. The van der Waals surface area contributed by atoms with E-state index in [2.05, 4.69) is 0 Å². The van der Waals surface area contributed by atoms with Crippen molar-refractivity contribution in [3.63, 3.8) is 0 Å². The van der Waals surface area contributed by atoms with Gasteiger partial charge in [0.05, 0.1) is 12.0 Å². The van der Waals surface area contributed by atoms with Crippen molar-refractivity contribution in [2.24, 2.45) is 5.92 Å². The maximum atomic E-state index is 11.3. The lowest BCUT2D eigenvalue weighted by Gasteiger charge is -2.28. The molecule has 5 heteroatoms. The monoisotopic (exact) mass is 278 g/mol. The molecule has 1 aromatic rings. The van der Waals surface area contributed by atoms with Gasteiger partial charge in [0, 0.05) is 0 Å².